The van der Waals surface area contributed by atoms with Gasteiger partial charge in [-0.15, -0.1) is 0 Å². The minimum absolute atomic E-state index is 0.621. The molecule has 2 aromatic carbocycles. The molecule has 0 unspecified atom stereocenters. The van der Waals surface area contributed by atoms with Crippen LogP contribution in [-0.4, -0.2) is 6.61 Å². The Hall–Kier alpha value is -2.02. The fourth-order valence-electron chi connectivity index (χ4n) is 2.33. The highest BCUT2D eigenvalue weighted by Gasteiger charge is 2.00. The number of benzene rings is 2. The Bertz CT molecular complexity index is 635. The minimum Gasteiger partial charge on any atom is -0.489 e. The molecule has 0 aromatic heterocycles. The summed E-state index contributed by atoms with van der Waals surface area (Å²) in [6, 6.07) is 12.7. The fraction of sp³-hybridized carbons (Fsp3) is 0.263. The second-order valence-corrected chi connectivity index (χ2v) is 4.93. The van der Waals surface area contributed by atoms with Crippen molar-refractivity contribution >= 4 is 10.8 Å². The molecule has 0 spiro atoms. The van der Waals surface area contributed by atoms with Crippen LogP contribution in [0.1, 0.15) is 25.8 Å². The van der Waals surface area contributed by atoms with Gasteiger partial charge in [0, 0.05) is 0 Å². The van der Waals surface area contributed by atoms with E-state index in [9.17, 15) is 0 Å². The van der Waals surface area contributed by atoms with Crippen LogP contribution in [0.5, 0.6) is 5.75 Å². The second-order valence-electron chi connectivity index (χ2n) is 4.93. The van der Waals surface area contributed by atoms with E-state index >= 15 is 0 Å². The molecule has 0 N–H and O–H groups in total. The van der Waals surface area contributed by atoms with E-state index in [1.807, 2.05) is 6.92 Å². The molecule has 2 rings (SSSR count). The number of aryl methyl sites for hydroxylation is 1. The number of hydrogen-bond donors (Lipinski definition) is 0. The normalized spacial score (nSPS) is 12.2. The standard InChI is InChI=1S/C19H22O/c1-4-7-16(8-5-2)14-20-18-11-12-19-15(3)9-6-10-17(19)13-18/h4,6-13H,5,14H2,1-3H3/b7-4-,16-8+. The number of hydrogen-bond acceptors (Lipinski definition) is 1. The number of ether oxygens (including phenoxy) is 1. The molecule has 0 heterocycles. The Morgan fingerprint density at radius 1 is 1.20 bits per heavy atom. The molecule has 0 radical (unpaired) electrons. The summed E-state index contributed by atoms with van der Waals surface area (Å²) in [5.41, 5.74) is 2.52. The molecule has 20 heavy (non-hydrogen) atoms. The molecule has 0 aliphatic rings. The summed E-state index contributed by atoms with van der Waals surface area (Å²) in [7, 11) is 0. The molecule has 0 atom stereocenters. The maximum Gasteiger partial charge on any atom is 0.120 e. The number of allylic oxidation sites excluding steroid dienone is 2. The quantitative estimate of drug-likeness (QED) is 0.655. The summed E-state index contributed by atoms with van der Waals surface area (Å²) >= 11 is 0. The predicted molar refractivity (Wildman–Crippen MR) is 87.4 cm³/mol. The Balaban J connectivity index is 2.16. The van der Waals surface area contributed by atoms with Crippen molar-refractivity contribution < 1.29 is 4.74 Å². The maximum atomic E-state index is 5.90. The molecule has 0 bridgehead atoms. The van der Waals surface area contributed by atoms with Crippen molar-refractivity contribution in [1.82, 2.24) is 0 Å². The molecule has 0 amide bonds. The lowest BCUT2D eigenvalue weighted by Gasteiger charge is -2.09. The van der Waals surface area contributed by atoms with Crippen LogP contribution >= 0.6 is 0 Å². The summed E-state index contributed by atoms with van der Waals surface area (Å²) in [5, 5.41) is 2.52. The first-order valence-corrected chi connectivity index (χ1v) is 7.18. The van der Waals surface area contributed by atoms with Gasteiger partial charge in [0.25, 0.3) is 0 Å². The van der Waals surface area contributed by atoms with Crippen LogP contribution in [0.25, 0.3) is 10.8 Å². The lowest BCUT2D eigenvalue weighted by Crippen LogP contribution is -1.99. The Kier molecular flexibility index (Phi) is 5.00. The summed E-state index contributed by atoms with van der Waals surface area (Å²) < 4.78 is 5.90. The van der Waals surface area contributed by atoms with Crippen molar-refractivity contribution in [1.29, 1.82) is 0 Å². The number of fused-ring (bicyclic) bond motifs is 1. The SMILES string of the molecule is C/C=C\C(=C/CC)COc1ccc2c(C)cccc2c1. The molecular weight excluding hydrogens is 244 g/mol. The topological polar surface area (TPSA) is 9.23 Å². The van der Waals surface area contributed by atoms with Gasteiger partial charge in [-0.3, -0.25) is 0 Å². The molecule has 2 aromatic rings. The Morgan fingerprint density at radius 3 is 2.80 bits per heavy atom. The lowest BCUT2D eigenvalue weighted by molar-refractivity contribution is 0.355. The molecule has 1 heteroatoms. The van der Waals surface area contributed by atoms with E-state index in [4.69, 9.17) is 4.74 Å². The summed E-state index contributed by atoms with van der Waals surface area (Å²) in [6.07, 6.45) is 7.38. The third-order valence-electron chi connectivity index (χ3n) is 3.32. The Morgan fingerprint density at radius 2 is 2.05 bits per heavy atom. The average molecular weight is 266 g/mol. The van der Waals surface area contributed by atoms with E-state index in [-0.39, 0.29) is 0 Å². The molecule has 0 saturated carbocycles. The van der Waals surface area contributed by atoms with E-state index in [0.29, 0.717) is 6.61 Å². The van der Waals surface area contributed by atoms with E-state index in [0.717, 1.165) is 12.2 Å². The smallest absolute Gasteiger partial charge is 0.120 e. The summed E-state index contributed by atoms with van der Waals surface area (Å²) in [4.78, 5) is 0. The van der Waals surface area contributed by atoms with Gasteiger partial charge in [0.2, 0.25) is 0 Å². The molecule has 0 aliphatic carbocycles. The zero-order valence-electron chi connectivity index (χ0n) is 12.5. The molecule has 0 fully saturated rings. The van der Waals surface area contributed by atoms with Crippen molar-refractivity contribution in [3.05, 3.63) is 65.8 Å². The minimum atomic E-state index is 0.621. The van der Waals surface area contributed by atoms with Crippen LogP contribution < -0.4 is 4.74 Å². The van der Waals surface area contributed by atoms with E-state index < -0.39 is 0 Å². The third-order valence-corrected chi connectivity index (χ3v) is 3.32. The molecule has 0 aliphatic heterocycles. The van der Waals surface area contributed by atoms with Gasteiger partial charge in [-0.2, -0.15) is 0 Å². The monoisotopic (exact) mass is 266 g/mol. The van der Waals surface area contributed by atoms with Crippen molar-refractivity contribution in [2.45, 2.75) is 27.2 Å². The third kappa shape index (κ3) is 3.51. The molecule has 1 nitrogen and oxygen atoms in total. The maximum absolute atomic E-state index is 5.90. The molecule has 104 valence electrons. The largest absolute Gasteiger partial charge is 0.489 e. The highest BCUT2D eigenvalue weighted by molar-refractivity contribution is 5.86. The molecular formula is C19H22O. The summed E-state index contributed by atoms with van der Waals surface area (Å²) in [5.74, 6) is 0.926. The van der Waals surface area contributed by atoms with Crippen LogP contribution in [0.3, 0.4) is 0 Å². The van der Waals surface area contributed by atoms with Gasteiger partial charge in [0.05, 0.1) is 0 Å². The van der Waals surface area contributed by atoms with Gasteiger partial charge < -0.3 is 4.74 Å². The zero-order valence-corrected chi connectivity index (χ0v) is 12.5. The van der Waals surface area contributed by atoms with Crippen molar-refractivity contribution in [3.8, 4) is 5.75 Å². The van der Waals surface area contributed by atoms with E-state index in [1.165, 1.54) is 21.9 Å². The predicted octanol–water partition coefficient (Wildman–Crippen LogP) is 5.44. The van der Waals surface area contributed by atoms with Crippen LogP contribution in [0.4, 0.5) is 0 Å². The highest BCUT2D eigenvalue weighted by Crippen LogP contribution is 2.23. The molecule has 0 saturated heterocycles. The zero-order chi connectivity index (χ0) is 14.4. The van der Waals surface area contributed by atoms with Crippen molar-refractivity contribution in [2.24, 2.45) is 0 Å². The van der Waals surface area contributed by atoms with Crippen LogP contribution in [-0.2, 0) is 0 Å². The second kappa shape index (κ2) is 6.95. The Labute approximate surface area is 121 Å². The number of rotatable bonds is 5. The van der Waals surface area contributed by atoms with E-state index in [2.05, 4.69) is 68.5 Å². The fourth-order valence-corrected chi connectivity index (χ4v) is 2.33. The van der Waals surface area contributed by atoms with Crippen LogP contribution in [0, 0.1) is 6.92 Å². The van der Waals surface area contributed by atoms with Crippen molar-refractivity contribution in [2.75, 3.05) is 6.61 Å². The van der Waals surface area contributed by atoms with Gasteiger partial charge in [0.15, 0.2) is 0 Å². The summed E-state index contributed by atoms with van der Waals surface area (Å²) in [6.45, 7) is 6.93. The highest BCUT2D eigenvalue weighted by atomic mass is 16.5. The van der Waals surface area contributed by atoms with Crippen LogP contribution in [0.2, 0.25) is 0 Å². The van der Waals surface area contributed by atoms with E-state index in [1.54, 1.807) is 0 Å². The lowest BCUT2D eigenvalue weighted by atomic mass is 10.1. The van der Waals surface area contributed by atoms with Gasteiger partial charge in [0.1, 0.15) is 12.4 Å². The first-order chi connectivity index (χ1) is 9.74. The van der Waals surface area contributed by atoms with Crippen LogP contribution in [0.15, 0.2) is 60.2 Å². The van der Waals surface area contributed by atoms with Gasteiger partial charge in [-0.05, 0) is 54.3 Å². The van der Waals surface area contributed by atoms with Gasteiger partial charge in [-0.25, -0.2) is 0 Å². The first kappa shape index (κ1) is 14.4. The van der Waals surface area contributed by atoms with Crippen molar-refractivity contribution in [3.63, 3.8) is 0 Å². The average Bonchev–Trinajstić information content (AvgIpc) is 2.45. The van der Waals surface area contributed by atoms with Gasteiger partial charge >= 0.3 is 0 Å². The first-order valence-electron chi connectivity index (χ1n) is 7.18. The van der Waals surface area contributed by atoms with Gasteiger partial charge in [-0.1, -0.05) is 49.4 Å².